The van der Waals surface area contributed by atoms with Gasteiger partial charge in [-0.15, -0.1) is 0 Å². The van der Waals surface area contributed by atoms with E-state index in [-0.39, 0.29) is 22.7 Å². The third kappa shape index (κ3) is 8.79. The van der Waals surface area contributed by atoms with Crippen molar-refractivity contribution in [3.63, 3.8) is 0 Å². The standard InChI is InChI=1S/C50H81NO19/c1-20-9-14-50(51-17-20)21(2)32-30(70-50)16-28-26-8-7-24-15-25(10-12-48(24,5)27(26)11-13-49(28,32)6)65-47-43(69-45-39(60)36(57)33(54)22(3)63-45)40(61)41(31(18-52)66-47)67-46-42(37(58)34(55)23(4)64-46)68-44-38(59)35(56)29(53)19-62-44/h7,20-23,25-47,51-61H,8-19H2,1-6H3/t20-,21+,22+,23-,25+,26+,27-,28+,29-,30+,31-,32+,33-,34+,35-,36-,37+,38-,39-,40-,41-,42-,43-,44+,45+,46-,47+,48+,49+,50+/m1/s1. The Balaban J connectivity index is 0.865. The van der Waals surface area contributed by atoms with Gasteiger partial charge in [-0.1, -0.05) is 39.3 Å². The summed E-state index contributed by atoms with van der Waals surface area (Å²) in [6.45, 7) is 12.5. The molecule has 400 valence electrons. The summed E-state index contributed by atoms with van der Waals surface area (Å²) in [6.07, 6.45) is -18.0. The molecule has 10 aliphatic rings. The van der Waals surface area contributed by atoms with Crippen LogP contribution in [0.4, 0.5) is 0 Å². The molecule has 3 saturated carbocycles. The fourth-order valence-electron chi connectivity index (χ4n) is 15.3. The lowest BCUT2D eigenvalue weighted by atomic mass is 9.47. The van der Waals surface area contributed by atoms with Crippen molar-refractivity contribution in [3.05, 3.63) is 11.6 Å². The fraction of sp³-hybridized carbons (Fsp3) is 0.960. The van der Waals surface area contributed by atoms with Crippen molar-refractivity contribution in [1.82, 2.24) is 5.32 Å². The van der Waals surface area contributed by atoms with E-state index >= 15 is 0 Å². The number of rotatable bonds is 9. The van der Waals surface area contributed by atoms with Gasteiger partial charge in [-0.2, -0.15) is 0 Å². The molecule has 6 saturated heterocycles. The monoisotopic (exact) mass is 1000 g/mol. The Kier molecular flexibility index (Phi) is 14.8. The molecule has 4 aliphatic carbocycles. The first-order valence-electron chi connectivity index (χ1n) is 26.2. The largest absolute Gasteiger partial charge is 0.394 e. The van der Waals surface area contributed by atoms with E-state index in [2.05, 4.69) is 39.1 Å². The first-order valence-corrected chi connectivity index (χ1v) is 26.2. The molecule has 0 aromatic carbocycles. The maximum absolute atomic E-state index is 12.3. The number of aliphatic hydroxyl groups is 10. The van der Waals surface area contributed by atoms with Crippen molar-refractivity contribution in [2.45, 2.75) is 234 Å². The molecule has 20 nitrogen and oxygen atoms in total. The van der Waals surface area contributed by atoms with Gasteiger partial charge in [0.2, 0.25) is 0 Å². The molecule has 6 heterocycles. The highest BCUT2D eigenvalue weighted by Gasteiger charge is 2.68. The van der Waals surface area contributed by atoms with Crippen LogP contribution in [0, 0.1) is 46.3 Å². The molecular formula is C50H81NO19. The van der Waals surface area contributed by atoms with Crippen molar-refractivity contribution < 1.29 is 93.7 Å². The number of hydrogen-bond acceptors (Lipinski definition) is 20. The summed E-state index contributed by atoms with van der Waals surface area (Å²) in [5.41, 5.74) is 1.27. The van der Waals surface area contributed by atoms with Gasteiger partial charge in [0, 0.05) is 12.5 Å². The van der Waals surface area contributed by atoms with Crippen molar-refractivity contribution in [3.8, 4) is 0 Å². The second-order valence-corrected chi connectivity index (χ2v) is 23.6. The van der Waals surface area contributed by atoms with Gasteiger partial charge in [-0.25, -0.2) is 0 Å². The third-order valence-corrected chi connectivity index (χ3v) is 19.6. The molecule has 0 unspecified atom stereocenters. The van der Waals surface area contributed by atoms with Crippen LogP contribution in [0.25, 0.3) is 0 Å². The van der Waals surface area contributed by atoms with E-state index in [4.69, 9.17) is 42.6 Å². The van der Waals surface area contributed by atoms with Gasteiger partial charge in [0.1, 0.15) is 85.1 Å². The predicted molar refractivity (Wildman–Crippen MR) is 241 cm³/mol. The molecule has 10 rings (SSSR count). The molecule has 9 fully saturated rings. The summed E-state index contributed by atoms with van der Waals surface area (Å²) in [5.74, 6) is 3.25. The first-order chi connectivity index (χ1) is 33.2. The number of hydrogen-bond donors (Lipinski definition) is 11. The Bertz CT molecular complexity index is 1860. The molecular weight excluding hydrogens is 919 g/mol. The van der Waals surface area contributed by atoms with Crippen LogP contribution in [-0.2, 0) is 42.6 Å². The molecule has 70 heavy (non-hydrogen) atoms. The van der Waals surface area contributed by atoms with E-state index in [9.17, 15) is 51.1 Å². The van der Waals surface area contributed by atoms with E-state index < -0.39 is 136 Å². The zero-order valence-corrected chi connectivity index (χ0v) is 41.3. The maximum Gasteiger partial charge on any atom is 0.187 e. The minimum Gasteiger partial charge on any atom is -0.394 e. The van der Waals surface area contributed by atoms with Gasteiger partial charge in [-0.3, -0.25) is 5.32 Å². The second-order valence-electron chi connectivity index (χ2n) is 23.6. The number of fused-ring (bicyclic) bond motifs is 7. The van der Waals surface area contributed by atoms with Crippen molar-refractivity contribution >= 4 is 0 Å². The van der Waals surface area contributed by atoms with Crippen LogP contribution in [0.3, 0.4) is 0 Å². The van der Waals surface area contributed by atoms with Crippen LogP contribution >= 0.6 is 0 Å². The first kappa shape index (κ1) is 52.4. The predicted octanol–water partition coefficient (Wildman–Crippen LogP) is -0.722. The minimum absolute atomic E-state index is 0.0520. The second kappa shape index (κ2) is 19.8. The smallest absolute Gasteiger partial charge is 0.187 e. The average molecular weight is 1000 g/mol. The van der Waals surface area contributed by atoms with E-state index in [0.717, 1.165) is 38.6 Å². The normalized spacial score (nSPS) is 58.0. The Hall–Kier alpha value is -1.06. The molecule has 0 aromatic rings. The zero-order chi connectivity index (χ0) is 49.9. The summed E-state index contributed by atoms with van der Waals surface area (Å²) >= 11 is 0. The Labute approximate surface area is 409 Å². The molecule has 0 aromatic heterocycles. The van der Waals surface area contributed by atoms with Crippen LogP contribution in [-0.4, -0.2) is 205 Å². The third-order valence-electron chi connectivity index (χ3n) is 19.6. The summed E-state index contributed by atoms with van der Waals surface area (Å²) in [4.78, 5) is 0. The summed E-state index contributed by atoms with van der Waals surface area (Å²) in [6, 6.07) is 0. The number of allylic oxidation sites excluding steroid dienone is 1. The van der Waals surface area contributed by atoms with E-state index in [0.29, 0.717) is 48.3 Å². The molecule has 30 atom stereocenters. The lowest BCUT2D eigenvalue weighted by Crippen LogP contribution is -2.67. The van der Waals surface area contributed by atoms with Gasteiger partial charge >= 0.3 is 0 Å². The Morgan fingerprint density at radius 3 is 2.03 bits per heavy atom. The highest BCUT2D eigenvalue weighted by Crippen LogP contribution is 2.70. The molecule has 0 bridgehead atoms. The van der Waals surface area contributed by atoms with Crippen LogP contribution in [0.15, 0.2) is 11.6 Å². The van der Waals surface area contributed by atoms with Crippen molar-refractivity contribution in [1.29, 1.82) is 0 Å². The number of nitrogens with one attached hydrogen (secondary N) is 1. The highest BCUT2D eigenvalue weighted by molar-refractivity contribution is 5.27. The highest BCUT2D eigenvalue weighted by atomic mass is 16.8. The molecule has 0 amide bonds. The van der Waals surface area contributed by atoms with Gasteiger partial charge in [-0.05, 0) is 112 Å². The van der Waals surface area contributed by atoms with Gasteiger partial charge in [0.15, 0.2) is 25.2 Å². The van der Waals surface area contributed by atoms with E-state index in [1.807, 2.05) is 0 Å². The lowest BCUT2D eigenvalue weighted by Gasteiger charge is -2.59. The fourth-order valence-corrected chi connectivity index (χ4v) is 15.3. The van der Waals surface area contributed by atoms with Crippen LogP contribution in [0.2, 0.25) is 0 Å². The van der Waals surface area contributed by atoms with Crippen LogP contribution < -0.4 is 5.32 Å². The molecule has 1 spiro atoms. The Morgan fingerprint density at radius 1 is 0.657 bits per heavy atom. The molecule has 0 radical (unpaired) electrons. The Morgan fingerprint density at radius 2 is 1.31 bits per heavy atom. The summed E-state index contributed by atoms with van der Waals surface area (Å²) in [5, 5.41) is 112. The molecule has 11 N–H and O–H groups in total. The van der Waals surface area contributed by atoms with Crippen LogP contribution in [0.5, 0.6) is 0 Å². The maximum atomic E-state index is 12.3. The molecule has 6 aliphatic heterocycles. The quantitative estimate of drug-likeness (QED) is 0.127. The summed E-state index contributed by atoms with van der Waals surface area (Å²) < 4.78 is 55.9. The van der Waals surface area contributed by atoms with E-state index in [1.165, 1.54) is 32.3 Å². The van der Waals surface area contributed by atoms with Gasteiger partial charge in [0.25, 0.3) is 0 Å². The molecule has 20 heteroatoms. The van der Waals surface area contributed by atoms with Crippen molar-refractivity contribution in [2.75, 3.05) is 19.8 Å². The lowest BCUT2D eigenvalue weighted by molar-refractivity contribution is -0.397. The summed E-state index contributed by atoms with van der Waals surface area (Å²) in [7, 11) is 0. The average Bonchev–Trinajstić information content (AvgIpc) is 3.78. The zero-order valence-electron chi connectivity index (χ0n) is 41.3. The SMILES string of the molecule is C[C@@H]1CC[C@]2(NC1)O[C@H]1C[C@H]3[C@H]4CC=C5C[C@@H](O[C@H]6O[C@H](CO)[C@@H](O[C@H]7O[C@H](C)[C@H](O)[C@H](O)[C@H]7O[C@@H]7OC[C@@H](O)[C@@H](O)[C@H]7O)[C@@H](O)[C@H]6O[C@@H]6O[C@@H](C)[C@@H](O)[C@@H](O)[C@H]6O)CC[C@]5(C)[C@@H]4CC[C@]3(C)[C@H]1[C@@H]2C. The van der Waals surface area contributed by atoms with Crippen molar-refractivity contribution in [2.24, 2.45) is 46.3 Å². The van der Waals surface area contributed by atoms with Crippen LogP contribution in [0.1, 0.15) is 99.3 Å². The van der Waals surface area contributed by atoms with Gasteiger partial charge < -0.3 is 93.7 Å². The number of piperidine rings is 1. The van der Waals surface area contributed by atoms with E-state index in [1.54, 1.807) is 0 Å². The number of ether oxygens (including phenoxy) is 9. The number of aliphatic hydroxyl groups excluding tert-OH is 10. The minimum atomic E-state index is -1.78. The topological polar surface area (TPSA) is 297 Å². The van der Waals surface area contributed by atoms with Gasteiger partial charge in [0.05, 0.1) is 37.6 Å².